The molecule has 2 aromatic heterocycles. The Morgan fingerprint density at radius 3 is 2.67 bits per heavy atom. The molecule has 4 heterocycles. The maximum absolute atomic E-state index is 13.5. The molecule has 2 aliphatic rings. The molecule has 0 radical (unpaired) electrons. The molecule has 210 valence electrons. The van der Waals surface area contributed by atoms with Gasteiger partial charge in [-0.2, -0.15) is 0 Å². The molecule has 3 aromatic rings. The lowest BCUT2D eigenvalue weighted by Crippen LogP contribution is -2.54. The van der Waals surface area contributed by atoms with Crippen LogP contribution in [0.4, 0.5) is 0 Å². The van der Waals surface area contributed by atoms with Gasteiger partial charge in [0.1, 0.15) is 5.69 Å². The predicted molar refractivity (Wildman–Crippen MR) is 147 cm³/mol. The van der Waals surface area contributed by atoms with E-state index >= 15 is 0 Å². The summed E-state index contributed by atoms with van der Waals surface area (Å²) in [7, 11) is 1.49. The molecular formula is C28H31ClN6O5. The number of aliphatic hydroxyl groups is 1. The van der Waals surface area contributed by atoms with E-state index in [0.717, 1.165) is 16.5 Å². The normalized spacial score (nSPS) is 20.3. The van der Waals surface area contributed by atoms with Gasteiger partial charge in [0.05, 0.1) is 31.2 Å². The van der Waals surface area contributed by atoms with Crippen LogP contribution in [0.2, 0.25) is 5.02 Å². The minimum Gasteiger partial charge on any atom is -0.390 e. The number of nitrogens with zero attached hydrogens (tertiary/aromatic N) is 3. The third-order valence-electron chi connectivity index (χ3n) is 7.82. The van der Waals surface area contributed by atoms with E-state index in [1.54, 1.807) is 46.3 Å². The van der Waals surface area contributed by atoms with Gasteiger partial charge >= 0.3 is 0 Å². The van der Waals surface area contributed by atoms with Crippen LogP contribution in [0.1, 0.15) is 21.7 Å². The van der Waals surface area contributed by atoms with Crippen molar-refractivity contribution in [1.82, 2.24) is 30.4 Å². The number of likely N-dealkylation sites (tertiary alicyclic amines) is 2. The number of rotatable bonds is 7. The van der Waals surface area contributed by atoms with Crippen LogP contribution in [-0.2, 0) is 27.4 Å². The van der Waals surface area contributed by atoms with Crippen molar-refractivity contribution in [3.05, 3.63) is 64.6 Å². The molecule has 3 atom stereocenters. The number of carbonyl (C=O) groups is 4. The number of likely N-dealkylation sites (N-methyl/N-ethyl adjacent to an activating group) is 1. The Bertz CT molecular complexity index is 1460. The van der Waals surface area contributed by atoms with Gasteiger partial charge in [-0.3, -0.25) is 19.2 Å². The molecule has 2 saturated heterocycles. The van der Waals surface area contributed by atoms with E-state index in [9.17, 15) is 24.3 Å². The first-order chi connectivity index (χ1) is 19.3. The van der Waals surface area contributed by atoms with E-state index in [2.05, 4.69) is 20.6 Å². The zero-order chi connectivity index (χ0) is 28.4. The SMILES string of the molecule is CNC(=O)CNC(=O)C1CN(C(=O)Cc2c[nH]c3cc(Cl)ccc23)CC2CN(C(=O)c3cccc(CO)n3)CC21. The minimum atomic E-state index is -0.594. The molecule has 0 saturated carbocycles. The number of hydrogen-bond donors (Lipinski definition) is 4. The van der Waals surface area contributed by atoms with E-state index < -0.39 is 5.92 Å². The molecule has 5 rings (SSSR count). The second-order valence-corrected chi connectivity index (χ2v) is 10.7. The van der Waals surface area contributed by atoms with Crippen molar-refractivity contribution in [3.8, 4) is 0 Å². The van der Waals surface area contributed by atoms with Crippen molar-refractivity contribution in [3.63, 3.8) is 0 Å². The molecule has 4 amide bonds. The summed E-state index contributed by atoms with van der Waals surface area (Å²) in [5.74, 6) is -1.97. The minimum absolute atomic E-state index is 0.125. The quantitative estimate of drug-likeness (QED) is 0.335. The van der Waals surface area contributed by atoms with Crippen LogP contribution >= 0.6 is 11.6 Å². The van der Waals surface area contributed by atoms with Gasteiger partial charge in [0.25, 0.3) is 5.91 Å². The summed E-state index contributed by atoms with van der Waals surface area (Å²) < 4.78 is 0. The molecule has 2 aliphatic heterocycles. The second kappa shape index (κ2) is 11.6. The number of fused-ring (bicyclic) bond motifs is 2. The fourth-order valence-corrected chi connectivity index (χ4v) is 5.91. The number of pyridine rings is 1. The van der Waals surface area contributed by atoms with Crippen LogP contribution in [0.25, 0.3) is 10.9 Å². The Morgan fingerprint density at radius 2 is 1.90 bits per heavy atom. The van der Waals surface area contributed by atoms with Crippen molar-refractivity contribution in [2.75, 3.05) is 39.8 Å². The second-order valence-electron chi connectivity index (χ2n) is 10.3. The first-order valence-corrected chi connectivity index (χ1v) is 13.5. The molecule has 0 aliphatic carbocycles. The summed E-state index contributed by atoms with van der Waals surface area (Å²) in [5.41, 5.74) is 2.28. The summed E-state index contributed by atoms with van der Waals surface area (Å²) in [6.07, 6.45) is 1.94. The van der Waals surface area contributed by atoms with E-state index in [0.29, 0.717) is 30.4 Å². The summed E-state index contributed by atoms with van der Waals surface area (Å²) in [6, 6.07) is 10.4. The maximum Gasteiger partial charge on any atom is 0.272 e. The van der Waals surface area contributed by atoms with Gasteiger partial charge in [0, 0.05) is 55.3 Å². The average Bonchev–Trinajstić information content (AvgIpc) is 3.58. The van der Waals surface area contributed by atoms with Crippen molar-refractivity contribution in [2.24, 2.45) is 17.8 Å². The molecule has 0 bridgehead atoms. The number of piperidine rings is 1. The molecule has 1 aromatic carbocycles. The Labute approximate surface area is 235 Å². The van der Waals surface area contributed by atoms with Crippen LogP contribution in [-0.4, -0.2) is 88.3 Å². The molecular weight excluding hydrogens is 536 g/mol. The number of halogens is 1. The van der Waals surface area contributed by atoms with Crippen molar-refractivity contribution >= 4 is 46.1 Å². The summed E-state index contributed by atoms with van der Waals surface area (Å²) in [6.45, 7) is 0.843. The third-order valence-corrected chi connectivity index (χ3v) is 8.05. The molecule has 4 N–H and O–H groups in total. The fraction of sp³-hybridized carbons (Fsp3) is 0.393. The first-order valence-electron chi connectivity index (χ1n) is 13.1. The van der Waals surface area contributed by atoms with Crippen LogP contribution in [0.15, 0.2) is 42.6 Å². The van der Waals surface area contributed by atoms with E-state index in [-0.39, 0.29) is 67.3 Å². The third kappa shape index (κ3) is 5.66. The lowest BCUT2D eigenvalue weighted by Gasteiger charge is -2.39. The summed E-state index contributed by atoms with van der Waals surface area (Å²) in [5, 5.41) is 16.1. The summed E-state index contributed by atoms with van der Waals surface area (Å²) >= 11 is 6.09. The number of carbonyl (C=O) groups excluding carboxylic acids is 4. The van der Waals surface area contributed by atoms with Crippen LogP contribution in [0.3, 0.4) is 0 Å². The van der Waals surface area contributed by atoms with Gasteiger partial charge in [-0.05, 0) is 41.7 Å². The van der Waals surface area contributed by atoms with Gasteiger partial charge in [-0.25, -0.2) is 4.98 Å². The summed E-state index contributed by atoms with van der Waals surface area (Å²) in [4.78, 5) is 62.6. The van der Waals surface area contributed by atoms with Gasteiger partial charge in [0.2, 0.25) is 17.7 Å². The highest BCUT2D eigenvalue weighted by atomic mass is 35.5. The number of aliphatic hydroxyl groups excluding tert-OH is 1. The first kappa shape index (κ1) is 27.6. The number of aromatic amines is 1. The van der Waals surface area contributed by atoms with Crippen LogP contribution in [0.5, 0.6) is 0 Å². The highest BCUT2D eigenvalue weighted by molar-refractivity contribution is 6.31. The topological polar surface area (TPSA) is 148 Å². The number of nitrogens with one attached hydrogen (secondary N) is 3. The molecule has 12 heteroatoms. The Balaban J connectivity index is 1.35. The van der Waals surface area contributed by atoms with Gasteiger partial charge in [-0.1, -0.05) is 23.7 Å². The Kier molecular flexibility index (Phi) is 8.04. The van der Waals surface area contributed by atoms with Crippen LogP contribution < -0.4 is 10.6 Å². The maximum atomic E-state index is 13.5. The number of hydrogen-bond acceptors (Lipinski definition) is 6. The van der Waals surface area contributed by atoms with Crippen LogP contribution in [0, 0.1) is 17.8 Å². The molecule has 11 nitrogen and oxygen atoms in total. The fourth-order valence-electron chi connectivity index (χ4n) is 5.74. The van der Waals surface area contributed by atoms with Gasteiger partial charge in [-0.15, -0.1) is 0 Å². The van der Waals surface area contributed by atoms with Crippen molar-refractivity contribution in [1.29, 1.82) is 0 Å². The highest BCUT2D eigenvalue weighted by Crippen LogP contribution is 2.36. The average molecular weight is 567 g/mol. The molecule has 0 spiro atoms. The van der Waals surface area contributed by atoms with Crippen molar-refractivity contribution < 1.29 is 24.3 Å². The van der Waals surface area contributed by atoms with E-state index in [1.807, 2.05) is 6.07 Å². The lowest BCUT2D eigenvalue weighted by atomic mass is 9.79. The zero-order valence-electron chi connectivity index (χ0n) is 22.0. The highest BCUT2D eigenvalue weighted by Gasteiger charge is 2.48. The number of amides is 4. The number of benzene rings is 1. The van der Waals surface area contributed by atoms with Gasteiger partial charge < -0.3 is 30.5 Å². The largest absolute Gasteiger partial charge is 0.390 e. The number of aromatic nitrogens is 2. The monoisotopic (exact) mass is 566 g/mol. The van der Waals surface area contributed by atoms with E-state index in [1.165, 1.54) is 7.05 Å². The number of H-pyrrole nitrogens is 1. The molecule has 3 unspecified atom stereocenters. The zero-order valence-corrected chi connectivity index (χ0v) is 22.8. The lowest BCUT2D eigenvalue weighted by molar-refractivity contribution is -0.139. The standard InChI is InChI=1S/C28H31ClN6O5/c1-30-25(37)10-32-27(39)22-14-34(26(38)7-16-9-31-24-8-18(29)5-6-20(16)24)11-17-12-35(13-21(17)22)28(40)23-4-2-3-19(15-36)33-23/h2-6,8-9,17,21-22,31,36H,7,10-15H2,1H3,(H,30,37)(H,32,39). The predicted octanol–water partition coefficient (Wildman–Crippen LogP) is 0.960. The molecule has 2 fully saturated rings. The van der Waals surface area contributed by atoms with Crippen molar-refractivity contribution in [2.45, 2.75) is 13.0 Å². The Hall–Kier alpha value is -3.96. The van der Waals surface area contributed by atoms with E-state index in [4.69, 9.17) is 11.6 Å². The molecule has 40 heavy (non-hydrogen) atoms. The van der Waals surface area contributed by atoms with Gasteiger partial charge in [0.15, 0.2) is 0 Å². The Morgan fingerprint density at radius 1 is 1.10 bits per heavy atom. The smallest absolute Gasteiger partial charge is 0.272 e.